The lowest BCUT2D eigenvalue weighted by Crippen LogP contribution is -2.27. The number of carbonyl (C=O) groups is 2. The van der Waals surface area contributed by atoms with Gasteiger partial charge >= 0.3 is 11.9 Å². The number of rotatable bonds is 8. The van der Waals surface area contributed by atoms with Gasteiger partial charge in [0.15, 0.2) is 6.10 Å². The van der Waals surface area contributed by atoms with Gasteiger partial charge in [-0.25, -0.2) is 4.79 Å². The van der Waals surface area contributed by atoms with Gasteiger partial charge < -0.3 is 19.9 Å². The molecule has 94 valence electrons. The van der Waals surface area contributed by atoms with Crippen LogP contribution in [0.4, 0.5) is 0 Å². The summed E-state index contributed by atoms with van der Waals surface area (Å²) in [4.78, 5) is 22.4. The van der Waals surface area contributed by atoms with E-state index >= 15 is 0 Å². The zero-order valence-corrected chi connectivity index (χ0v) is 9.73. The molecule has 0 saturated carbocycles. The van der Waals surface area contributed by atoms with Crippen LogP contribution in [0.15, 0.2) is 0 Å². The van der Waals surface area contributed by atoms with Crippen molar-refractivity contribution in [2.24, 2.45) is 5.73 Å². The van der Waals surface area contributed by atoms with Gasteiger partial charge in [0.2, 0.25) is 0 Å². The lowest BCUT2D eigenvalue weighted by molar-refractivity contribution is -0.167. The first kappa shape index (κ1) is 14.9. The summed E-state index contributed by atoms with van der Waals surface area (Å²) in [5, 5.41) is 0. The molecule has 2 N–H and O–H groups in total. The molecule has 0 bridgehead atoms. The summed E-state index contributed by atoms with van der Waals surface area (Å²) in [7, 11) is 1.50. The summed E-state index contributed by atoms with van der Waals surface area (Å²) < 4.78 is 14.3. The largest absolute Gasteiger partial charge is 0.461 e. The van der Waals surface area contributed by atoms with Crippen molar-refractivity contribution < 1.29 is 23.8 Å². The SMILES string of the molecule is COCCOC(=O)C(C)OC(=O)CCCN. The van der Waals surface area contributed by atoms with Crippen LogP contribution < -0.4 is 5.73 Å². The highest BCUT2D eigenvalue weighted by molar-refractivity contribution is 5.78. The molecular weight excluding hydrogens is 214 g/mol. The molecule has 0 aromatic heterocycles. The second-order valence-corrected chi connectivity index (χ2v) is 3.18. The third-order valence-electron chi connectivity index (χ3n) is 1.76. The van der Waals surface area contributed by atoms with Crippen molar-refractivity contribution in [3.8, 4) is 0 Å². The third kappa shape index (κ3) is 7.19. The molecule has 0 aromatic carbocycles. The van der Waals surface area contributed by atoms with Gasteiger partial charge in [0.1, 0.15) is 6.61 Å². The van der Waals surface area contributed by atoms with Crippen LogP contribution in [-0.4, -0.2) is 44.9 Å². The zero-order chi connectivity index (χ0) is 12.4. The Labute approximate surface area is 95.0 Å². The quantitative estimate of drug-likeness (QED) is 0.463. The van der Waals surface area contributed by atoms with Crippen molar-refractivity contribution in [1.29, 1.82) is 0 Å². The predicted molar refractivity (Wildman–Crippen MR) is 56.7 cm³/mol. The standard InChI is InChI=1S/C10H19NO5/c1-8(10(13)15-7-6-14-2)16-9(12)4-3-5-11/h8H,3-7,11H2,1-2H3. The molecule has 0 aromatic rings. The van der Waals surface area contributed by atoms with E-state index in [-0.39, 0.29) is 13.0 Å². The zero-order valence-electron chi connectivity index (χ0n) is 9.73. The van der Waals surface area contributed by atoms with Gasteiger partial charge in [-0.1, -0.05) is 0 Å². The normalized spacial score (nSPS) is 11.9. The van der Waals surface area contributed by atoms with E-state index in [0.29, 0.717) is 19.6 Å². The number of hydrogen-bond acceptors (Lipinski definition) is 6. The van der Waals surface area contributed by atoms with Gasteiger partial charge in [0.05, 0.1) is 6.61 Å². The first-order valence-electron chi connectivity index (χ1n) is 5.17. The van der Waals surface area contributed by atoms with E-state index < -0.39 is 18.0 Å². The Hall–Kier alpha value is -1.14. The van der Waals surface area contributed by atoms with Gasteiger partial charge in [-0.05, 0) is 19.9 Å². The van der Waals surface area contributed by atoms with E-state index in [1.165, 1.54) is 14.0 Å². The summed E-state index contributed by atoms with van der Waals surface area (Å²) in [6.45, 7) is 2.36. The van der Waals surface area contributed by atoms with Crippen molar-refractivity contribution in [2.75, 3.05) is 26.9 Å². The molecule has 0 rings (SSSR count). The maximum Gasteiger partial charge on any atom is 0.347 e. The van der Waals surface area contributed by atoms with Crippen LogP contribution in [0.5, 0.6) is 0 Å². The van der Waals surface area contributed by atoms with Crippen LogP contribution >= 0.6 is 0 Å². The predicted octanol–water partition coefficient (Wildman–Crippen LogP) is -0.153. The fourth-order valence-corrected chi connectivity index (χ4v) is 0.894. The Morgan fingerprint density at radius 1 is 1.31 bits per heavy atom. The molecule has 0 aliphatic rings. The van der Waals surface area contributed by atoms with E-state index in [1.807, 2.05) is 0 Å². The van der Waals surface area contributed by atoms with E-state index in [4.69, 9.17) is 19.9 Å². The lowest BCUT2D eigenvalue weighted by Gasteiger charge is -2.12. The molecule has 1 atom stereocenters. The molecule has 0 aliphatic heterocycles. The van der Waals surface area contributed by atoms with Crippen LogP contribution in [0.25, 0.3) is 0 Å². The minimum Gasteiger partial charge on any atom is -0.461 e. The fourth-order valence-electron chi connectivity index (χ4n) is 0.894. The summed E-state index contributed by atoms with van der Waals surface area (Å²) in [6.07, 6.45) is -0.127. The van der Waals surface area contributed by atoms with E-state index in [0.717, 1.165) is 0 Å². The number of carbonyl (C=O) groups excluding carboxylic acids is 2. The third-order valence-corrected chi connectivity index (χ3v) is 1.76. The lowest BCUT2D eigenvalue weighted by atomic mass is 10.3. The number of ether oxygens (including phenoxy) is 3. The number of hydrogen-bond donors (Lipinski definition) is 1. The first-order chi connectivity index (χ1) is 7.61. The van der Waals surface area contributed by atoms with Crippen molar-refractivity contribution in [3.05, 3.63) is 0 Å². The highest BCUT2D eigenvalue weighted by atomic mass is 16.6. The smallest absolute Gasteiger partial charge is 0.347 e. The molecule has 0 radical (unpaired) electrons. The number of nitrogens with two attached hydrogens (primary N) is 1. The second kappa shape index (κ2) is 9.11. The van der Waals surface area contributed by atoms with Crippen molar-refractivity contribution in [2.45, 2.75) is 25.9 Å². The summed E-state index contributed by atoms with van der Waals surface area (Å²) in [6, 6.07) is 0. The molecule has 16 heavy (non-hydrogen) atoms. The molecular formula is C10H19NO5. The van der Waals surface area contributed by atoms with E-state index in [9.17, 15) is 9.59 Å². The molecule has 0 amide bonds. The molecule has 0 heterocycles. The average Bonchev–Trinajstić information content (AvgIpc) is 2.26. The summed E-state index contributed by atoms with van der Waals surface area (Å²) >= 11 is 0. The molecule has 0 aliphatic carbocycles. The summed E-state index contributed by atoms with van der Waals surface area (Å²) in [5.41, 5.74) is 5.24. The van der Waals surface area contributed by atoms with Crippen LogP contribution in [0.3, 0.4) is 0 Å². The van der Waals surface area contributed by atoms with Gasteiger partial charge in [0, 0.05) is 13.5 Å². The van der Waals surface area contributed by atoms with Gasteiger partial charge in [0.25, 0.3) is 0 Å². The molecule has 0 saturated heterocycles. The minimum absolute atomic E-state index is 0.153. The molecule has 0 spiro atoms. The Morgan fingerprint density at radius 2 is 2.00 bits per heavy atom. The summed E-state index contributed by atoms with van der Waals surface area (Å²) in [5.74, 6) is -1.01. The Kier molecular flexibility index (Phi) is 8.46. The van der Waals surface area contributed by atoms with Crippen LogP contribution in [-0.2, 0) is 23.8 Å². The van der Waals surface area contributed by atoms with Crippen molar-refractivity contribution in [3.63, 3.8) is 0 Å². The van der Waals surface area contributed by atoms with Crippen LogP contribution in [0.2, 0.25) is 0 Å². The maximum atomic E-state index is 11.2. The maximum absolute atomic E-state index is 11.2. The van der Waals surface area contributed by atoms with Crippen molar-refractivity contribution in [1.82, 2.24) is 0 Å². The van der Waals surface area contributed by atoms with Gasteiger partial charge in [-0.15, -0.1) is 0 Å². The molecule has 6 nitrogen and oxygen atoms in total. The Bertz CT molecular complexity index is 219. The average molecular weight is 233 g/mol. The molecule has 1 unspecified atom stereocenters. The Morgan fingerprint density at radius 3 is 2.56 bits per heavy atom. The second-order valence-electron chi connectivity index (χ2n) is 3.18. The molecule has 6 heteroatoms. The first-order valence-corrected chi connectivity index (χ1v) is 5.17. The van der Waals surface area contributed by atoms with Crippen LogP contribution in [0.1, 0.15) is 19.8 Å². The van der Waals surface area contributed by atoms with Crippen LogP contribution in [0, 0.1) is 0 Å². The Balaban J connectivity index is 3.73. The monoisotopic (exact) mass is 233 g/mol. The van der Waals surface area contributed by atoms with Crippen molar-refractivity contribution >= 4 is 11.9 Å². The fraction of sp³-hybridized carbons (Fsp3) is 0.800. The van der Waals surface area contributed by atoms with Gasteiger partial charge in [-0.3, -0.25) is 4.79 Å². The molecule has 0 fully saturated rings. The minimum atomic E-state index is -0.887. The highest BCUT2D eigenvalue weighted by Crippen LogP contribution is 1.99. The van der Waals surface area contributed by atoms with E-state index in [2.05, 4.69) is 0 Å². The number of methoxy groups -OCH3 is 1. The van der Waals surface area contributed by atoms with E-state index in [1.54, 1.807) is 0 Å². The highest BCUT2D eigenvalue weighted by Gasteiger charge is 2.18. The topological polar surface area (TPSA) is 87.9 Å². The van der Waals surface area contributed by atoms with Gasteiger partial charge in [-0.2, -0.15) is 0 Å². The number of esters is 2.